The van der Waals surface area contributed by atoms with Crippen LogP contribution in [0.15, 0.2) is 30.3 Å². The molecule has 0 fully saturated rings. The van der Waals surface area contributed by atoms with Crippen molar-refractivity contribution < 1.29 is 19.2 Å². The largest absolute Gasteiger partial charge is 0.466 e. The Hall–Kier alpha value is -1.88. The number of hydrogen-bond donors (Lipinski definition) is 1. The van der Waals surface area contributed by atoms with Crippen LogP contribution in [-0.2, 0) is 14.4 Å². The summed E-state index contributed by atoms with van der Waals surface area (Å²) in [6, 6.07) is 8.86. The molecule has 1 rings (SSSR count). The molecule has 5 nitrogen and oxygen atoms in total. The van der Waals surface area contributed by atoms with Crippen LogP contribution in [0.25, 0.3) is 0 Å². The predicted octanol–water partition coefficient (Wildman–Crippen LogP) is 3.35. The molecule has 128 valence electrons. The van der Waals surface area contributed by atoms with E-state index in [1.165, 1.54) is 0 Å². The summed E-state index contributed by atoms with van der Waals surface area (Å²) >= 11 is 0. The Balaban J connectivity index is 2.49. The predicted molar refractivity (Wildman–Crippen MR) is 88.7 cm³/mol. The highest BCUT2D eigenvalue weighted by Gasteiger charge is 2.36. The SMILES string of the molecule is CCOC(=O)C(C)(C)CC(C)(C)CONC(=O)c1ccccc1. The second kappa shape index (κ2) is 8.11. The summed E-state index contributed by atoms with van der Waals surface area (Å²) in [7, 11) is 0. The van der Waals surface area contributed by atoms with E-state index in [-0.39, 0.29) is 17.3 Å². The van der Waals surface area contributed by atoms with Gasteiger partial charge in [0.1, 0.15) is 0 Å². The topological polar surface area (TPSA) is 64.6 Å². The Morgan fingerprint density at radius 2 is 1.70 bits per heavy atom. The molecule has 1 aromatic carbocycles. The van der Waals surface area contributed by atoms with Gasteiger partial charge >= 0.3 is 5.97 Å². The summed E-state index contributed by atoms with van der Waals surface area (Å²) in [6.45, 7) is 10.2. The quantitative estimate of drug-likeness (QED) is 0.589. The smallest absolute Gasteiger partial charge is 0.311 e. The molecule has 0 aliphatic heterocycles. The van der Waals surface area contributed by atoms with Crippen molar-refractivity contribution in [3.8, 4) is 0 Å². The minimum absolute atomic E-state index is 0.221. The average molecular weight is 321 g/mol. The molecule has 0 aromatic heterocycles. The van der Waals surface area contributed by atoms with Gasteiger partial charge < -0.3 is 4.74 Å². The van der Waals surface area contributed by atoms with Crippen LogP contribution in [0.1, 0.15) is 51.4 Å². The minimum atomic E-state index is -0.605. The zero-order valence-corrected chi connectivity index (χ0v) is 14.6. The Labute approximate surface area is 138 Å². The number of hydrogen-bond acceptors (Lipinski definition) is 4. The van der Waals surface area contributed by atoms with Crippen molar-refractivity contribution in [3.63, 3.8) is 0 Å². The molecule has 0 aliphatic carbocycles. The van der Waals surface area contributed by atoms with Gasteiger partial charge in [0, 0.05) is 5.56 Å². The maximum atomic E-state index is 12.0. The van der Waals surface area contributed by atoms with E-state index in [2.05, 4.69) is 5.48 Å². The van der Waals surface area contributed by atoms with Gasteiger partial charge in [0.15, 0.2) is 0 Å². The Morgan fingerprint density at radius 1 is 1.09 bits per heavy atom. The van der Waals surface area contributed by atoms with Gasteiger partial charge in [-0.25, -0.2) is 5.48 Å². The van der Waals surface area contributed by atoms with Crippen LogP contribution in [0, 0.1) is 10.8 Å². The van der Waals surface area contributed by atoms with Crippen molar-refractivity contribution in [2.24, 2.45) is 10.8 Å². The highest BCUT2D eigenvalue weighted by molar-refractivity contribution is 5.93. The Morgan fingerprint density at radius 3 is 2.26 bits per heavy atom. The number of hydroxylamine groups is 1. The molecule has 0 heterocycles. The maximum absolute atomic E-state index is 12.0. The highest BCUT2D eigenvalue weighted by Crippen LogP contribution is 2.34. The van der Waals surface area contributed by atoms with E-state index in [0.29, 0.717) is 25.2 Å². The van der Waals surface area contributed by atoms with Crippen molar-refractivity contribution in [3.05, 3.63) is 35.9 Å². The summed E-state index contributed by atoms with van der Waals surface area (Å²) in [6.07, 6.45) is 0.583. The number of carbonyl (C=O) groups excluding carboxylic acids is 2. The number of nitrogens with one attached hydrogen (secondary N) is 1. The lowest BCUT2D eigenvalue weighted by molar-refractivity contribution is -0.156. The lowest BCUT2D eigenvalue weighted by atomic mass is 9.75. The second-order valence-electron chi connectivity index (χ2n) is 7.03. The molecule has 0 atom stereocenters. The van der Waals surface area contributed by atoms with Gasteiger partial charge in [0.05, 0.1) is 18.6 Å². The van der Waals surface area contributed by atoms with E-state index in [0.717, 1.165) is 0 Å². The monoisotopic (exact) mass is 321 g/mol. The van der Waals surface area contributed by atoms with E-state index >= 15 is 0 Å². The average Bonchev–Trinajstić information content (AvgIpc) is 2.47. The van der Waals surface area contributed by atoms with Crippen LogP contribution >= 0.6 is 0 Å². The standard InChI is InChI=1S/C18H27NO4/c1-6-22-16(21)18(4,5)12-17(2,3)13-23-19-15(20)14-10-8-7-9-11-14/h7-11H,6,12-13H2,1-5H3,(H,19,20). The molecule has 23 heavy (non-hydrogen) atoms. The fourth-order valence-corrected chi connectivity index (χ4v) is 2.59. The minimum Gasteiger partial charge on any atom is -0.466 e. The van der Waals surface area contributed by atoms with Crippen LogP contribution < -0.4 is 5.48 Å². The summed E-state index contributed by atoms with van der Waals surface area (Å²) < 4.78 is 5.10. The third kappa shape index (κ3) is 6.40. The second-order valence-corrected chi connectivity index (χ2v) is 7.03. The van der Waals surface area contributed by atoms with Gasteiger partial charge in [-0.2, -0.15) is 0 Å². The van der Waals surface area contributed by atoms with Crippen molar-refractivity contribution in [1.29, 1.82) is 0 Å². The van der Waals surface area contributed by atoms with Gasteiger partial charge in [-0.3, -0.25) is 14.4 Å². The molecular formula is C18H27NO4. The van der Waals surface area contributed by atoms with Crippen LogP contribution in [0.3, 0.4) is 0 Å². The van der Waals surface area contributed by atoms with Gasteiger partial charge in [-0.15, -0.1) is 0 Å². The van der Waals surface area contributed by atoms with Crippen molar-refractivity contribution in [2.45, 2.75) is 41.0 Å². The summed E-state index contributed by atoms with van der Waals surface area (Å²) in [5, 5.41) is 0. The lowest BCUT2D eigenvalue weighted by Gasteiger charge is -2.32. The zero-order chi connectivity index (χ0) is 17.5. The number of esters is 1. The van der Waals surface area contributed by atoms with Gasteiger partial charge in [0.25, 0.3) is 5.91 Å². The number of amides is 1. The van der Waals surface area contributed by atoms with Crippen molar-refractivity contribution in [1.82, 2.24) is 5.48 Å². The molecule has 0 radical (unpaired) electrons. The van der Waals surface area contributed by atoms with Crippen LogP contribution in [0.5, 0.6) is 0 Å². The molecule has 0 saturated heterocycles. The van der Waals surface area contributed by atoms with Crippen molar-refractivity contribution in [2.75, 3.05) is 13.2 Å². The molecule has 1 aromatic rings. The van der Waals surface area contributed by atoms with Gasteiger partial charge in [-0.1, -0.05) is 32.0 Å². The molecule has 1 amide bonds. The van der Waals surface area contributed by atoms with Gasteiger partial charge in [0.2, 0.25) is 0 Å². The Bertz CT molecular complexity index is 523. The van der Waals surface area contributed by atoms with E-state index in [4.69, 9.17) is 9.57 Å². The zero-order valence-electron chi connectivity index (χ0n) is 14.6. The summed E-state index contributed by atoms with van der Waals surface area (Å²) in [5.74, 6) is -0.507. The van der Waals surface area contributed by atoms with Crippen LogP contribution in [0.2, 0.25) is 0 Å². The van der Waals surface area contributed by atoms with E-state index in [9.17, 15) is 9.59 Å². The van der Waals surface area contributed by atoms with Crippen LogP contribution in [-0.4, -0.2) is 25.1 Å². The first kappa shape index (κ1) is 19.2. The van der Waals surface area contributed by atoms with Gasteiger partial charge in [-0.05, 0) is 44.7 Å². The van der Waals surface area contributed by atoms with E-state index < -0.39 is 5.41 Å². The summed E-state index contributed by atoms with van der Waals surface area (Å²) in [4.78, 5) is 29.2. The molecule has 0 unspecified atom stereocenters. The number of carbonyl (C=O) groups is 2. The number of benzene rings is 1. The summed E-state index contributed by atoms with van der Waals surface area (Å²) in [5.41, 5.74) is 2.08. The Kier molecular flexibility index (Phi) is 6.76. The first-order valence-electron chi connectivity index (χ1n) is 7.82. The molecule has 0 spiro atoms. The molecule has 5 heteroatoms. The first-order valence-corrected chi connectivity index (χ1v) is 7.82. The maximum Gasteiger partial charge on any atom is 0.311 e. The highest BCUT2D eigenvalue weighted by atomic mass is 16.7. The third-order valence-corrected chi connectivity index (χ3v) is 3.41. The molecule has 0 bridgehead atoms. The van der Waals surface area contributed by atoms with E-state index in [1.807, 2.05) is 33.8 Å². The van der Waals surface area contributed by atoms with E-state index in [1.54, 1.807) is 31.2 Å². The third-order valence-electron chi connectivity index (χ3n) is 3.41. The van der Waals surface area contributed by atoms with Crippen molar-refractivity contribution >= 4 is 11.9 Å². The number of rotatable bonds is 8. The molecule has 0 saturated carbocycles. The molecule has 1 N–H and O–H groups in total. The fraction of sp³-hybridized carbons (Fsp3) is 0.556. The normalized spacial score (nSPS) is 11.9. The molecular weight excluding hydrogens is 294 g/mol. The fourth-order valence-electron chi connectivity index (χ4n) is 2.59. The lowest BCUT2D eigenvalue weighted by Crippen LogP contribution is -2.36. The van der Waals surface area contributed by atoms with Crippen LogP contribution in [0.4, 0.5) is 0 Å². The first-order chi connectivity index (χ1) is 10.7. The molecule has 0 aliphatic rings. The number of ether oxygens (including phenoxy) is 1.